The van der Waals surface area contributed by atoms with E-state index in [1.165, 1.54) is 30.5 Å². The van der Waals surface area contributed by atoms with E-state index in [9.17, 15) is 4.79 Å². The van der Waals surface area contributed by atoms with Crippen LogP contribution in [0.5, 0.6) is 0 Å². The lowest BCUT2D eigenvalue weighted by atomic mass is 10.1. The van der Waals surface area contributed by atoms with Crippen molar-refractivity contribution in [3.8, 4) is 0 Å². The van der Waals surface area contributed by atoms with E-state index in [1.54, 1.807) is 6.20 Å². The van der Waals surface area contributed by atoms with Gasteiger partial charge in [-0.25, -0.2) is 4.98 Å². The van der Waals surface area contributed by atoms with Crippen molar-refractivity contribution in [2.75, 3.05) is 36.4 Å². The van der Waals surface area contributed by atoms with Crippen LogP contribution in [-0.2, 0) is 17.8 Å². The van der Waals surface area contributed by atoms with E-state index in [0.29, 0.717) is 6.54 Å². The van der Waals surface area contributed by atoms with E-state index in [1.807, 2.05) is 18.3 Å². The molecule has 1 amide bonds. The van der Waals surface area contributed by atoms with Gasteiger partial charge in [-0.2, -0.15) is 5.10 Å². The number of amides is 1. The molecule has 4 rings (SSSR count). The summed E-state index contributed by atoms with van der Waals surface area (Å²) in [6.07, 6.45) is 8.29. The highest BCUT2D eigenvalue weighted by molar-refractivity contribution is 5.92. The fourth-order valence-corrected chi connectivity index (χ4v) is 3.59. The van der Waals surface area contributed by atoms with Crippen molar-refractivity contribution in [2.45, 2.75) is 32.2 Å². The number of carbonyl (C=O) groups is 1. The summed E-state index contributed by atoms with van der Waals surface area (Å²) in [6.45, 7) is 4.17. The van der Waals surface area contributed by atoms with Crippen LogP contribution in [0.1, 0.15) is 30.5 Å². The lowest BCUT2D eigenvalue weighted by Crippen LogP contribution is -2.37. The van der Waals surface area contributed by atoms with Crippen molar-refractivity contribution >= 4 is 17.4 Å². The van der Waals surface area contributed by atoms with Crippen LogP contribution in [0.25, 0.3) is 0 Å². The number of pyridine rings is 1. The van der Waals surface area contributed by atoms with Gasteiger partial charge in [-0.15, -0.1) is 0 Å². The van der Waals surface area contributed by atoms with E-state index in [2.05, 4.69) is 30.3 Å². The van der Waals surface area contributed by atoms with E-state index in [0.717, 1.165) is 44.1 Å². The first-order chi connectivity index (χ1) is 12.3. The second-order valence-electron chi connectivity index (χ2n) is 6.84. The fourth-order valence-electron chi connectivity index (χ4n) is 3.59. The van der Waals surface area contributed by atoms with Crippen LogP contribution < -0.4 is 10.2 Å². The van der Waals surface area contributed by atoms with E-state index in [4.69, 9.17) is 0 Å². The second kappa shape index (κ2) is 7.23. The normalized spacial score (nSPS) is 18.0. The Kier molecular flexibility index (Phi) is 4.65. The van der Waals surface area contributed by atoms with Crippen molar-refractivity contribution in [1.82, 2.24) is 20.1 Å². The third-order valence-corrected chi connectivity index (χ3v) is 4.96. The number of piperidine rings is 1. The fraction of sp³-hybridized carbons (Fsp3) is 0.500. The molecule has 0 bridgehead atoms. The van der Waals surface area contributed by atoms with Gasteiger partial charge in [0.2, 0.25) is 5.91 Å². The molecule has 0 spiro atoms. The maximum Gasteiger partial charge on any atom is 0.238 e. The zero-order valence-corrected chi connectivity index (χ0v) is 14.4. The smallest absolute Gasteiger partial charge is 0.238 e. The number of rotatable bonds is 4. The van der Waals surface area contributed by atoms with Gasteiger partial charge in [0.25, 0.3) is 0 Å². The molecule has 2 aliphatic heterocycles. The van der Waals surface area contributed by atoms with Gasteiger partial charge in [-0.05, 0) is 31.4 Å². The zero-order valence-electron chi connectivity index (χ0n) is 14.4. The Morgan fingerprint density at radius 3 is 2.84 bits per heavy atom. The number of fused-ring (bicyclic) bond motifs is 1. The average Bonchev–Trinajstić information content (AvgIpc) is 3.11. The van der Waals surface area contributed by atoms with Crippen molar-refractivity contribution in [3.05, 3.63) is 35.8 Å². The van der Waals surface area contributed by atoms with Crippen LogP contribution in [-0.4, -0.2) is 52.2 Å². The van der Waals surface area contributed by atoms with Crippen molar-refractivity contribution in [2.24, 2.45) is 0 Å². The number of H-pyrrole nitrogens is 1. The highest BCUT2D eigenvalue weighted by Crippen LogP contribution is 2.19. The van der Waals surface area contributed by atoms with E-state index < -0.39 is 0 Å². The molecule has 4 heterocycles. The number of aromatic amines is 1. The predicted molar refractivity (Wildman–Crippen MR) is 96.5 cm³/mol. The first-order valence-corrected chi connectivity index (χ1v) is 9.02. The van der Waals surface area contributed by atoms with Crippen LogP contribution in [0.3, 0.4) is 0 Å². The quantitative estimate of drug-likeness (QED) is 0.887. The van der Waals surface area contributed by atoms with Gasteiger partial charge in [-0.3, -0.25) is 14.8 Å². The molecular weight excluding hydrogens is 316 g/mol. The molecule has 2 aromatic rings. The highest BCUT2D eigenvalue weighted by atomic mass is 16.2. The Hall–Kier alpha value is -2.41. The number of carbonyl (C=O) groups excluding carboxylic acids is 1. The number of anilines is 2. The van der Waals surface area contributed by atoms with E-state index in [-0.39, 0.29) is 5.91 Å². The van der Waals surface area contributed by atoms with Crippen LogP contribution in [0, 0.1) is 0 Å². The minimum Gasteiger partial charge on any atom is -0.357 e. The summed E-state index contributed by atoms with van der Waals surface area (Å²) in [5.41, 5.74) is 3.13. The van der Waals surface area contributed by atoms with Crippen LogP contribution in [0.15, 0.2) is 24.5 Å². The molecule has 2 N–H and O–H groups in total. The molecule has 2 aromatic heterocycles. The molecule has 1 saturated heterocycles. The molecule has 0 aromatic carbocycles. The minimum atomic E-state index is -0.000493. The summed E-state index contributed by atoms with van der Waals surface area (Å²) in [7, 11) is 0. The number of aromatic nitrogens is 3. The van der Waals surface area contributed by atoms with Gasteiger partial charge >= 0.3 is 0 Å². The van der Waals surface area contributed by atoms with Gasteiger partial charge < -0.3 is 10.2 Å². The molecule has 0 aliphatic carbocycles. The van der Waals surface area contributed by atoms with Crippen LogP contribution in [0.2, 0.25) is 0 Å². The molecule has 25 heavy (non-hydrogen) atoms. The number of hydrogen-bond donors (Lipinski definition) is 2. The Labute approximate surface area is 147 Å². The highest BCUT2D eigenvalue weighted by Gasteiger charge is 2.20. The van der Waals surface area contributed by atoms with Crippen molar-refractivity contribution in [3.63, 3.8) is 0 Å². The van der Waals surface area contributed by atoms with Gasteiger partial charge in [-0.1, -0.05) is 0 Å². The van der Waals surface area contributed by atoms with Crippen molar-refractivity contribution in [1.29, 1.82) is 0 Å². The SMILES string of the molecule is O=C(CN1CCc2[nH]ncc2C1)Nc1ccc(N2CCCCC2)nc1. The second-order valence-corrected chi connectivity index (χ2v) is 6.84. The molecule has 7 heteroatoms. The summed E-state index contributed by atoms with van der Waals surface area (Å²) in [6, 6.07) is 3.94. The summed E-state index contributed by atoms with van der Waals surface area (Å²) in [4.78, 5) is 21.3. The Balaban J connectivity index is 1.30. The molecule has 0 saturated carbocycles. The number of nitrogens with one attached hydrogen (secondary N) is 2. The molecular formula is C18H24N6O. The monoisotopic (exact) mass is 340 g/mol. The summed E-state index contributed by atoms with van der Waals surface area (Å²) < 4.78 is 0. The van der Waals surface area contributed by atoms with Gasteiger partial charge in [0.05, 0.1) is 24.6 Å². The summed E-state index contributed by atoms with van der Waals surface area (Å²) in [5, 5.41) is 10.0. The van der Waals surface area contributed by atoms with Gasteiger partial charge in [0, 0.05) is 43.9 Å². The Bertz CT molecular complexity index is 719. The van der Waals surface area contributed by atoms with Crippen molar-refractivity contribution < 1.29 is 4.79 Å². The number of nitrogens with zero attached hydrogens (tertiary/aromatic N) is 4. The lowest BCUT2D eigenvalue weighted by Gasteiger charge is -2.27. The zero-order chi connectivity index (χ0) is 17.1. The summed E-state index contributed by atoms with van der Waals surface area (Å²) >= 11 is 0. The molecule has 0 unspecified atom stereocenters. The first kappa shape index (κ1) is 16.1. The predicted octanol–water partition coefficient (Wildman–Crippen LogP) is 1.79. The average molecular weight is 340 g/mol. The maximum absolute atomic E-state index is 12.3. The molecule has 0 atom stereocenters. The molecule has 0 radical (unpaired) electrons. The molecule has 7 nitrogen and oxygen atoms in total. The third kappa shape index (κ3) is 3.82. The largest absolute Gasteiger partial charge is 0.357 e. The Morgan fingerprint density at radius 2 is 2.04 bits per heavy atom. The molecule has 2 aliphatic rings. The third-order valence-electron chi connectivity index (χ3n) is 4.96. The molecule has 132 valence electrons. The number of hydrogen-bond acceptors (Lipinski definition) is 5. The standard InChI is InChI=1S/C18H24N6O/c25-18(13-23-9-6-16-14(12-23)10-20-22-16)21-15-4-5-17(19-11-15)24-7-2-1-3-8-24/h4-5,10-11H,1-3,6-9,12-13H2,(H,20,22)(H,21,25). The van der Waals surface area contributed by atoms with Crippen LogP contribution in [0.4, 0.5) is 11.5 Å². The first-order valence-electron chi connectivity index (χ1n) is 9.02. The lowest BCUT2D eigenvalue weighted by molar-refractivity contribution is -0.117. The molecule has 1 fully saturated rings. The maximum atomic E-state index is 12.3. The van der Waals surface area contributed by atoms with E-state index >= 15 is 0 Å². The summed E-state index contributed by atoms with van der Waals surface area (Å²) in [5.74, 6) is 1.00. The minimum absolute atomic E-state index is 0.000493. The Morgan fingerprint density at radius 1 is 1.16 bits per heavy atom. The van der Waals surface area contributed by atoms with Crippen LogP contribution >= 0.6 is 0 Å². The van der Waals surface area contributed by atoms with Gasteiger partial charge in [0.1, 0.15) is 5.82 Å². The topological polar surface area (TPSA) is 77.2 Å². The van der Waals surface area contributed by atoms with Gasteiger partial charge in [0.15, 0.2) is 0 Å².